The molecule has 0 amide bonds. The van der Waals surface area contributed by atoms with E-state index in [1.807, 2.05) is 0 Å². The third-order valence-corrected chi connectivity index (χ3v) is 12.8. The van der Waals surface area contributed by atoms with Gasteiger partial charge in [-0.05, 0) is 106 Å². The monoisotopic (exact) mass is 775 g/mol. The first-order valence-electron chi connectivity index (χ1n) is 21.0. The summed E-state index contributed by atoms with van der Waals surface area (Å²) in [6, 6.07) is 82.2. The van der Waals surface area contributed by atoms with Crippen LogP contribution in [-0.4, -0.2) is 9.13 Å². The number of anilines is 3. The van der Waals surface area contributed by atoms with Crippen LogP contribution < -0.4 is 4.90 Å². The van der Waals surface area contributed by atoms with Crippen LogP contribution in [-0.2, 0) is 0 Å². The third-order valence-electron chi connectivity index (χ3n) is 12.8. The number of fused-ring (bicyclic) bond motifs is 9. The van der Waals surface area contributed by atoms with E-state index in [9.17, 15) is 0 Å². The summed E-state index contributed by atoms with van der Waals surface area (Å²) in [4.78, 5) is 2.51. The number of rotatable bonds is 5. The molecular weight excluding hydrogens is 739 g/mol. The maximum Gasteiger partial charge on any atom is 0.0640 e. The summed E-state index contributed by atoms with van der Waals surface area (Å²) in [5.74, 6) is 0. The molecule has 0 bridgehead atoms. The van der Waals surface area contributed by atoms with Gasteiger partial charge in [0.15, 0.2) is 0 Å². The normalized spacial score (nSPS) is 12.2. The van der Waals surface area contributed by atoms with Gasteiger partial charge in [-0.3, -0.25) is 0 Å². The van der Waals surface area contributed by atoms with Crippen molar-refractivity contribution in [3.63, 3.8) is 0 Å². The van der Waals surface area contributed by atoms with Crippen molar-refractivity contribution in [2.75, 3.05) is 4.90 Å². The molecule has 0 N–H and O–H groups in total. The van der Waals surface area contributed by atoms with Crippen molar-refractivity contribution < 1.29 is 0 Å². The molecule has 0 spiro atoms. The zero-order chi connectivity index (χ0) is 40.0. The highest BCUT2D eigenvalue weighted by Crippen LogP contribution is 2.56. The Morgan fingerprint density at radius 3 is 1.61 bits per heavy atom. The fourth-order valence-corrected chi connectivity index (χ4v) is 10.2. The van der Waals surface area contributed by atoms with Crippen LogP contribution in [0.2, 0.25) is 0 Å². The van der Waals surface area contributed by atoms with Crippen molar-refractivity contribution >= 4 is 71.4 Å². The number of aromatic nitrogens is 2. The van der Waals surface area contributed by atoms with Gasteiger partial charge in [-0.25, -0.2) is 0 Å². The van der Waals surface area contributed by atoms with Crippen LogP contribution in [0.3, 0.4) is 0 Å². The Labute approximate surface area is 353 Å². The number of hydrogen-bond acceptors (Lipinski definition) is 1. The van der Waals surface area contributed by atoms with Gasteiger partial charge in [0.25, 0.3) is 0 Å². The average Bonchev–Trinajstić information content (AvgIpc) is 3.85. The van der Waals surface area contributed by atoms with E-state index >= 15 is 0 Å². The van der Waals surface area contributed by atoms with E-state index in [1.54, 1.807) is 0 Å². The fourth-order valence-electron chi connectivity index (χ4n) is 10.2. The Morgan fingerprint density at radius 1 is 0.262 bits per heavy atom. The molecule has 0 saturated heterocycles. The Morgan fingerprint density at radius 2 is 0.803 bits per heavy atom. The molecule has 0 aliphatic carbocycles. The molecule has 3 heteroatoms. The molecular formula is C58H37N3. The minimum absolute atomic E-state index is 1.13. The van der Waals surface area contributed by atoms with Gasteiger partial charge in [0.2, 0.25) is 0 Å². The van der Waals surface area contributed by atoms with Crippen LogP contribution in [0.5, 0.6) is 0 Å². The zero-order valence-electron chi connectivity index (χ0n) is 33.2. The molecule has 1 aliphatic rings. The van der Waals surface area contributed by atoms with Gasteiger partial charge in [0.05, 0.1) is 33.4 Å². The number of nitrogens with zero attached hydrogens (tertiary/aromatic N) is 3. The molecule has 0 atom stereocenters. The summed E-state index contributed by atoms with van der Waals surface area (Å²) in [6.07, 6.45) is 0. The second kappa shape index (κ2) is 13.2. The standard InChI is InChI=1S/C58H37N3/c1-4-16-38(17-5-1)44-31-32-47-48-33-35-55-57(58(48)61(42-21-8-3-9-22-42)54-29-15-26-46(44)56(47)54)49-25-11-13-28-52(49)60(55)43-23-14-18-39(36-43)40-30-34-53-50(37-40)45-24-10-12-27-51(45)59(53)41-19-6-2-7-20-41/h1-37H. The second-order valence-corrected chi connectivity index (χ2v) is 16.1. The zero-order valence-corrected chi connectivity index (χ0v) is 33.2. The van der Waals surface area contributed by atoms with Crippen molar-refractivity contribution in [2.45, 2.75) is 0 Å². The topological polar surface area (TPSA) is 13.1 Å². The third kappa shape index (κ3) is 4.98. The van der Waals surface area contributed by atoms with Crippen LogP contribution >= 0.6 is 0 Å². The lowest BCUT2D eigenvalue weighted by molar-refractivity contribution is 1.18. The van der Waals surface area contributed by atoms with Gasteiger partial charge in [-0.15, -0.1) is 0 Å². The molecule has 3 heterocycles. The van der Waals surface area contributed by atoms with Crippen molar-refractivity contribution in [1.82, 2.24) is 9.13 Å². The van der Waals surface area contributed by atoms with Crippen LogP contribution in [0.15, 0.2) is 224 Å². The van der Waals surface area contributed by atoms with Crippen LogP contribution in [0.4, 0.5) is 17.1 Å². The van der Waals surface area contributed by atoms with Gasteiger partial charge in [0, 0.05) is 49.6 Å². The molecule has 12 aromatic rings. The molecule has 1 aliphatic heterocycles. The Balaban J connectivity index is 1.03. The molecule has 2 aromatic heterocycles. The highest BCUT2D eigenvalue weighted by molar-refractivity contribution is 6.26. The first-order valence-corrected chi connectivity index (χ1v) is 21.0. The lowest BCUT2D eigenvalue weighted by Crippen LogP contribution is -2.15. The summed E-state index contributed by atoms with van der Waals surface area (Å²) in [5, 5.41) is 7.51. The van der Waals surface area contributed by atoms with Crippen molar-refractivity contribution in [2.24, 2.45) is 0 Å². The minimum Gasteiger partial charge on any atom is -0.309 e. The highest BCUT2D eigenvalue weighted by atomic mass is 15.2. The average molecular weight is 776 g/mol. The van der Waals surface area contributed by atoms with E-state index in [-0.39, 0.29) is 0 Å². The molecule has 10 aromatic carbocycles. The molecule has 3 nitrogen and oxygen atoms in total. The van der Waals surface area contributed by atoms with Gasteiger partial charge in [-0.2, -0.15) is 0 Å². The first-order chi connectivity index (χ1) is 30.3. The second-order valence-electron chi connectivity index (χ2n) is 16.1. The first kappa shape index (κ1) is 33.8. The lowest BCUT2D eigenvalue weighted by Gasteiger charge is -2.34. The van der Waals surface area contributed by atoms with Crippen molar-refractivity contribution in [1.29, 1.82) is 0 Å². The van der Waals surface area contributed by atoms with Gasteiger partial charge < -0.3 is 14.0 Å². The Hall–Kier alpha value is -8.14. The predicted molar refractivity (Wildman–Crippen MR) is 257 cm³/mol. The van der Waals surface area contributed by atoms with Gasteiger partial charge in [0.1, 0.15) is 0 Å². The maximum absolute atomic E-state index is 2.51. The van der Waals surface area contributed by atoms with Gasteiger partial charge >= 0.3 is 0 Å². The molecule has 0 unspecified atom stereocenters. The van der Waals surface area contributed by atoms with E-state index in [0.29, 0.717) is 0 Å². The maximum atomic E-state index is 2.51. The van der Waals surface area contributed by atoms with E-state index in [0.717, 1.165) is 11.4 Å². The summed E-state index contributed by atoms with van der Waals surface area (Å²) < 4.78 is 4.84. The number of benzene rings is 10. The van der Waals surface area contributed by atoms with Crippen LogP contribution in [0.25, 0.3) is 99.1 Å². The van der Waals surface area contributed by atoms with E-state index in [4.69, 9.17) is 0 Å². The minimum atomic E-state index is 1.13. The fraction of sp³-hybridized carbons (Fsp3) is 0. The van der Waals surface area contributed by atoms with Crippen molar-refractivity contribution in [3.8, 4) is 44.8 Å². The summed E-state index contributed by atoms with van der Waals surface area (Å²) in [5.41, 5.74) is 18.0. The predicted octanol–water partition coefficient (Wildman–Crippen LogP) is 15.8. The number of para-hydroxylation sites is 4. The summed E-state index contributed by atoms with van der Waals surface area (Å²) in [7, 11) is 0. The van der Waals surface area contributed by atoms with E-state index in [1.165, 1.54) is 105 Å². The molecule has 13 rings (SSSR count). The largest absolute Gasteiger partial charge is 0.309 e. The molecule has 284 valence electrons. The van der Waals surface area contributed by atoms with Crippen molar-refractivity contribution in [3.05, 3.63) is 224 Å². The van der Waals surface area contributed by atoms with Crippen LogP contribution in [0, 0.1) is 0 Å². The Kier molecular flexibility index (Phi) is 7.31. The van der Waals surface area contributed by atoms with Gasteiger partial charge in [-0.1, -0.05) is 152 Å². The van der Waals surface area contributed by atoms with E-state index < -0.39 is 0 Å². The molecule has 61 heavy (non-hydrogen) atoms. The highest BCUT2D eigenvalue weighted by Gasteiger charge is 2.31. The van der Waals surface area contributed by atoms with E-state index in [2.05, 4.69) is 238 Å². The summed E-state index contributed by atoms with van der Waals surface area (Å²) in [6.45, 7) is 0. The Bertz CT molecular complexity index is 3690. The molecule has 0 radical (unpaired) electrons. The summed E-state index contributed by atoms with van der Waals surface area (Å²) >= 11 is 0. The SMILES string of the molecule is c1ccc(-c2ccc3c4c(cccc24)N(c2ccccc2)c2c-3ccc3c2c2ccccc2n3-c2cccc(-c3ccc4c(c3)c3ccccc3n4-c3ccccc3)c2)cc1. The van der Waals surface area contributed by atoms with Crippen LogP contribution in [0.1, 0.15) is 0 Å². The number of hydrogen-bond donors (Lipinski definition) is 0. The molecule has 0 fully saturated rings. The smallest absolute Gasteiger partial charge is 0.0640 e. The quantitative estimate of drug-likeness (QED) is 0.170. The molecule has 0 saturated carbocycles. The lowest BCUT2D eigenvalue weighted by atomic mass is 9.86.